The fourth-order valence-electron chi connectivity index (χ4n) is 1.85. The van der Waals surface area contributed by atoms with Crippen LogP contribution in [0.3, 0.4) is 0 Å². The van der Waals surface area contributed by atoms with E-state index >= 15 is 0 Å². The first-order valence-electron chi connectivity index (χ1n) is 6.14. The van der Waals surface area contributed by atoms with Gasteiger partial charge in [0.15, 0.2) is 0 Å². The van der Waals surface area contributed by atoms with Crippen LogP contribution in [-0.4, -0.2) is 51.2 Å². The summed E-state index contributed by atoms with van der Waals surface area (Å²) in [7, 11) is -0.298. The van der Waals surface area contributed by atoms with E-state index in [1.165, 1.54) is 25.1 Å². The minimum Gasteiger partial charge on any atom is -0.387 e. The van der Waals surface area contributed by atoms with Crippen LogP contribution in [-0.2, 0) is 10.0 Å². The summed E-state index contributed by atoms with van der Waals surface area (Å²) < 4.78 is 26.7. The van der Waals surface area contributed by atoms with E-state index in [1.54, 1.807) is 19.0 Å². The molecule has 0 radical (unpaired) electrons. The van der Waals surface area contributed by atoms with Crippen molar-refractivity contribution in [1.29, 1.82) is 5.26 Å². The number of likely N-dealkylation sites (N-methyl/N-ethyl adjacent to an activating group) is 1. The summed E-state index contributed by atoms with van der Waals surface area (Å²) in [4.78, 5) is 1.63. The minimum absolute atomic E-state index is 0.0335. The van der Waals surface area contributed by atoms with Gasteiger partial charge in [0.05, 0.1) is 22.3 Å². The molecule has 8 heteroatoms. The number of hydrogen-bond donors (Lipinski definition) is 2. The first kappa shape index (κ1) is 17.9. The summed E-state index contributed by atoms with van der Waals surface area (Å²) in [5, 5.41) is 18.8. The molecule has 0 heterocycles. The Morgan fingerprint density at radius 1 is 1.48 bits per heavy atom. The number of aliphatic hydroxyl groups is 1. The van der Waals surface area contributed by atoms with Gasteiger partial charge in [-0.2, -0.15) is 5.26 Å². The van der Waals surface area contributed by atoms with Gasteiger partial charge in [-0.25, -0.2) is 13.1 Å². The standard InChI is InChI=1S/C13H18ClN3O3S/c1-13(18,9-17(2)3)8-16-21(19,20)12-5-4-10(7-15)6-11(12)14/h4-6,16,18H,8-9H2,1-3H3. The van der Waals surface area contributed by atoms with Gasteiger partial charge in [0, 0.05) is 13.1 Å². The van der Waals surface area contributed by atoms with Crippen molar-refractivity contribution in [3.8, 4) is 6.07 Å². The van der Waals surface area contributed by atoms with Crippen LogP contribution in [0, 0.1) is 11.3 Å². The van der Waals surface area contributed by atoms with E-state index in [9.17, 15) is 13.5 Å². The Labute approximate surface area is 130 Å². The zero-order valence-electron chi connectivity index (χ0n) is 12.1. The van der Waals surface area contributed by atoms with Gasteiger partial charge in [-0.15, -0.1) is 0 Å². The second kappa shape index (κ2) is 6.73. The lowest BCUT2D eigenvalue weighted by Crippen LogP contribution is -2.47. The lowest BCUT2D eigenvalue weighted by atomic mass is 10.1. The summed E-state index contributed by atoms with van der Waals surface area (Å²) in [6.07, 6.45) is 0. The van der Waals surface area contributed by atoms with Gasteiger partial charge >= 0.3 is 0 Å². The van der Waals surface area contributed by atoms with Crippen molar-refractivity contribution < 1.29 is 13.5 Å². The van der Waals surface area contributed by atoms with E-state index in [1.807, 2.05) is 6.07 Å². The number of hydrogen-bond acceptors (Lipinski definition) is 5. The number of rotatable bonds is 6. The molecule has 0 saturated heterocycles. The van der Waals surface area contributed by atoms with Crippen LogP contribution < -0.4 is 4.72 Å². The fraction of sp³-hybridized carbons (Fsp3) is 0.462. The SMILES string of the molecule is CN(C)CC(C)(O)CNS(=O)(=O)c1ccc(C#N)cc1Cl. The van der Waals surface area contributed by atoms with Crippen LogP contribution in [0.5, 0.6) is 0 Å². The van der Waals surface area contributed by atoms with Crippen molar-refractivity contribution in [2.45, 2.75) is 17.4 Å². The molecule has 0 spiro atoms. The molecule has 0 fully saturated rings. The predicted octanol–water partition coefficient (Wildman–Crippen LogP) is 0.803. The third-order valence-electron chi connectivity index (χ3n) is 2.65. The molecule has 116 valence electrons. The Bertz CT molecular complexity index is 651. The maximum absolute atomic E-state index is 12.2. The Morgan fingerprint density at radius 2 is 2.10 bits per heavy atom. The summed E-state index contributed by atoms with van der Waals surface area (Å²) in [5.41, 5.74) is -0.936. The zero-order chi connectivity index (χ0) is 16.3. The molecule has 1 atom stereocenters. The van der Waals surface area contributed by atoms with Crippen LogP contribution in [0.4, 0.5) is 0 Å². The second-order valence-electron chi connectivity index (χ2n) is 5.32. The molecule has 0 bridgehead atoms. The van der Waals surface area contributed by atoms with E-state index in [0.29, 0.717) is 6.54 Å². The van der Waals surface area contributed by atoms with Crippen LogP contribution in [0.15, 0.2) is 23.1 Å². The molecule has 0 aliphatic carbocycles. The quantitative estimate of drug-likeness (QED) is 0.804. The maximum Gasteiger partial charge on any atom is 0.242 e. The molecule has 1 rings (SSSR count). The van der Waals surface area contributed by atoms with Gasteiger partial charge in [-0.3, -0.25) is 0 Å². The fourth-order valence-corrected chi connectivity index (χ4v) is 3.56. The van der Waals surface area contributed by atoms with E-state index in [-0.39, 0.29) is 22.0 Å². The first-order valence-corrected chi connectivity index (χ1v) is 8.00. The molecule has 0 amide bonds. The number of nitriles is 1. The van der Waals surface area contributed by atoms with Crippen LogP contribution in [0.2, 0.25) is 5.02 Å². The Kier molecular flexibility index (Phi) is 5.73. The molecule has 1 aromatic carbocycles. The average Bonchev–Trinajstić information content (AvgIpc) is 2.34. The Morgan fingerprint density at radius 3 is 2.57 bits per heavy atom. The first-order chi connectivity index (χ1) is 9.57. The molecule has 6 nitrogen and oxygen atoms in total. The summed E-state index contributed by atoms with van der Waals surface area (Å²) in [6.45, 7) is 1.69. The van der Waals surface area contributed by atoms with Crippen LogP contribution in [0.1, 0.15) is 12.5 Å². The van der Waals surface area contributed by atoms with Gasteiger partial charge in [-0.1, -0.05) is 11.6 Å². The average molecular weight is 332 g/mol. The normalized spacial score (nSPS) is 14.7. The molecule has 0 saturated carbocycles. The molecule has 0 aromatic heterocycles. The number of benzene rings is 1. The molecule has 0 aliphatic heterocycles. The molecular formula is C13H18ClN3O3S. The Balaban J connectivity index is 2.91. The van der Waals surface area contributed by atoms with Crippen molar-refractivity contribution in [2.75, 3.05) is 27.2 Å². The van der Waals surface area contributed by atoms with Crippen molar-refractivity contribution in [3.63, 3.8) is 0 Å². The minimum atomic E-state index is -3.85. The van der Waals surface area contributed by atoms with Gasteiger partial charge in [0.2, 0.25) is 10.0 Å². The molecule has 21 heavy (non-hydrogen) atoms. The topological polar surface area (TPSA) is 93.4 Å². The summed E-state index contributed by atoms with van der Waals surface area (Å²) in [5.74, 6) is 0. The highest BCUT2D eigenvalue weighted by molar-refractivity contribution is 7.89. The number of halogens is 1. The van der Waals surface area contributed by atoms with Gasteiger partial charge < -0.3 is 10.0 Å². The monoisotopic (exact) mass is 331 g/mol. The zero-order valence-corrected chi connectivity index (χ0v) is 13.7. The van der Waals surface area contributed by atoms with E-state index < -0.39 is 15.6 Å². The number of nitrogens with zero attached hydrogens (tertiary/aromatic N) is 2. The summed E-state index contributed by atoms with van der Waals surface area (Å²) >= 11 is 5.89. The largest absolute Gasteiger partial charge is 0.387 e. The third-order valence-corrected chi connectivity index (χ3v) is 4.53. The number of sulfonamides is 1. The predicted molar refractivity (Wildman–Crippen MR) is 80.5 cm³/mol. The second-order valence-corrected chi connectivity index (χ2v) is 7.46. The highest BCUT2D eigenvalue weighted by Gasteiger charge is 2.26. The molecule has 1 unspecified atom stereocenters. The highest BCUT2D eigenvalue weighted by atomic mass is 35.5. The highest BCUT2D eigenvalue weighted by Crippen LogP contribution is 2.22. The smallest absolute Gasteiger partial charge is 0.242 e. The molecule has 2 N–H and O–H groups in total. The van der Waals surface area contributed by atoms with Gasteiger partial charge in [0.1, 0.15) is 4.90 Å². The molecule has 1 aromatic rings. The van der Waals surface area contributed by atoms with E-state index in [2.05, 4.69) is 4.72 Å². The maximum atomic E-state index is 12.2. The van der Waals surface area contributed by atoms with Crippen molar-refractivity contribution >= 4 is 21.6 Å². The van der Waals surface area contributed by atoms with Crippen molar-refractivity contribution in [2.24, 2.45) is 0 Å². The molecule has 0 aliphatic rings. The van der Waals surface area contributed by atoms with Crippen LogP contribution >= 0.6 is 11.6 Å². The number of nitrogens with one attached hydrogen (secondary N) is 1. The van der Waals surface area contributed by atoms with Gasteiger partial charge in [-0.05, 0) is 39.2 Å². The van der Waals surface area contributed by atoms with E-state index in [0.717, 1.165) is 0 Å². The van der Waals surface area contributed by atoms with Crippen molar-refractivity contribution in [3.05, 3.63) is 28.8 Å². The van der Waals surface area contributed by atoms with Crippen molar-refractivity contribution in [1.82, 2.24) is 9.62 Å². The van der Waals surface area contributed by atoms with E-state index in [4.69, 9.17) is 16.9 Å². The third kappa shape index (κ3) is 5.26. The lowest BCUT2D eigenvalue weighted by molar-refractivity contribution is 0.0386. The lowest BCUT2D eigenvalue weighted by Gasteiger charge is -2.27. The Hall–Kier alpha value is -1.17. The van der Waals surface area contributed by atoms with Gasteiger partial charge in [0.25, 0.3) is 0 Å². The molecular weight excluding hydrogens is 314 g/mol. The van der Waals surface area contributed by atoms with Crippen LogP contribution in [0.25, 0.3) is 0 Å². The summed E-state index contributed by atoms with van der Waals surface area (Å²) in [6, 6.07) is 5.81.